The fraction of sp³-hybridized carbons (Fsp3) is 0.545. The van der Waals surface area contributed by atoms with E-state index in [1.165, 1.54) is 30.2 Å². The van der Waals surface area contributed by atoms with E-state index in [0.717, 1.165) is 37.5 Å². The van der Waals surface area contributed by atoms with Crippen LogP contribution in [0.5, 0.6) is 0 Å². The molecule has 0 spiro atoms. The molecule has 1 aliphatic heterocycles. The van der Waals surface area contributed by atoms with Crippen molar-refractivity contribution in [2.75, 3.05) is 31.1 Å². The number of para-hydroxylation sites is 1. The van der Waals surface area contributed by atoms with Gasteiger partial charge in [0.15, 0.2) is 0 Å². The Hall–Kier alpha value is -2.14. The van der Waals surface area contributed by atoms with Crippen LogP contribution < -0.4 is 15.5 Å². The number of hydrogen-bond donors (Lipinski definition) is 2. The zero-order valence-corrected chi connectivity index (χ0v) is 16.8. The molecule has 146 valence electrons. The first-order valence-electron chi connectivity index (χ1n) is 10.1. The zero-order valence-electron chi connectivity index (χ0n) is 16.8. The van der Waals surface area contributed by atoms with Crippen LogP contribution in [0.25, 0.3) is 10.9 Å². The lowest BCUT2D eigenvalue weighted by molar-refractivity contribution is -0.128. The number of fused-ring (bicyclic) bond motifs is 1. The molecule has 2 heterocycles. The summed E-state index contributed by atoms with van der Waals surface area (Å²) in [5.41, 5.74) is 1.95. The third-order valence-electron chi connectivity index (χ3n) is 5.02. The molecule has 3 rings (SSSR count). The van der Waals surface area contributed by atoms with E-state index in [1.807, 2.05) is 26.8 Å². The summed E-state index contributed by atoms with van der Waals surface area (Å²) in [6.45, 7) is 10.1. The number of benzene rings is 1. The highest BCUT2D eigenvalue weighted by molar-refractivity contribution is 5.82. The van der Waals surface area contributed by atoms with Crippen molar-refractivity contribution in [3.8, 4) is 0 Å². The van der Waals surface area contributed by atoms with Gasteiger partial charge in [-0.3, -0.25) is 4.79 Å². The number of nitrogens with one attached hydrogen (secondary N) is 2. The molecule has 0 aliphatic carbocycles. The highest BCUT2D eigenvalue weighted by atomic mass is 16.2. The number of amides is 1. The average molecular weight is 369 g/mol. The molecule has 1 amide bonds. The molecular weight excluding hydrogens is 336 g/mol. The smallest absolute Gasteiger partial charge is 0.225 e. The number of hydrogen-bond acceptors (Lipinski definition) is 4. The molecule has 1 aromatic carbocycles. The molecule has 1 saturated heterocycles. The van der Waals surface area contributed by atoms with Gasteiger partial charge < -0.3 is 15.5 Å². The monoisotopic (exact) mass is 368 g/mol. The molecule has 2 aromatic rings. The molecule has 0 atom stereocenters. The topological polar surface area (TPSA) is 57.3 Å². The van der Waals surface area contributed by atoms with E-state index in [0.29, 0.717) is 6.54 Å². The highest BCUT2D eigenvalue weighted by Crippen LogP contribution is 2.26. The normalized spacial score (nSPS) is 15.1. The van der Waals surface area contributed by atoms with E-state index in [-0.39, 0.29) is 11.3 Å². The molecule has 1 fully saturated rings. The molecule has 0 saturated carbocycles. The molecule has 0 unspecified atom stereocenters. The molecule has 5 nitrogen and oxygen atoms in total. The summed E-state index contributed by atoms with van der Waals surface area (Å²) in [4.78, 5) is 19.3. The fourth-order valence-electron chi connectivity index (χ4n) is 3.41. The summed E-state index contributed by atoms with van der Waals surface area (Å²) < 4.78 is 0. The molecule has 0 bridgehead atoms. The number of pyridine rings is 1. The maximum Gasteiger partial charge on any atom is 0.225 e. The Balaban J connectivity index is 1.66. The molecule has 5 heteroatoms. The van der Waals surface area contributed by atoms with Crippen LogP contribution in [0.2, 0.25) is 0 Å². The third-order valence-corrected chi connectivity index (χ3v) is 5.02. The molecule has 27 heavy (non-hydrogen) atoms. The second-order valence-corrected chi connectivity index (χ2v) is 8.39. The van der Waals surface area contributed by atoms with Crippen LogP contribution in [-0.2, 0) is 11.3 Å². The van der Waals surface area contributed by atoms with Crippen LogP contribution in [0.15, 0.2) is 30.3 Å². The summed E-state index contributed by atoms with van der Waals surface area (Å²) in [5.74, 6) is 1.20. The molecular formula is C22H32N4O. The zero-order chi connectivity index (χ0) is 19.3. The van der Waals surface area contributed by atoms with E-state index in [4.69, 9.17) is 4.98 Å². The van der Waals surface area contributed by atoms with Crippen LogP contribution >= 0.6 is 0 Å². The second kappa shape index (κ2) is 8.70. The van der Waals surface area contributed by atoms with Crippen molar-refractivity contribution in [2.45, 2.75) is 46.6 Å². The van der Waals surface area contributed by atoms with Gasteiger partial charge in [-0.25, -0.2) is 4.98 Å². The standard InChI is InChI=1S/C22H32N4O/c1-22(2,3)21(27)24-12-11-23-16-18-15-17-9-5-6-10-19(17)25-20(18)26-13-7-4-8-14-26/h5-6,9-10,15,23H,4,7-8,11-14,16H2,1-3H3,(H,24,27). The van der Waals surface area contributed by atoms with Crippen LogP contribution in [0, 0.1) is 5.41 Å². The van der Waals surface area contributed by atoms with Crippen molar-refractivity contribution in [3.63, 3.8) is 0 Å². The van der Waals surface area contributed by atoms with Gasteiger partial charge in [0.2, 0.25) is 5.91 Å². The van der Waals surface area contributed by atoms with Crippen LogP contribution in [0.4, 0.5) is 5.82 Å². The first kappa shape index (κ1) is 19.6. The van der Waals surface area contributed by atoms with Crippen molar-refractivity contribution in [2.24, 2.45) is 5.41 Å². The van der Waals surface area contributed by atoms with E-state index >= 15 is 0 Å². The minimum atomic E-state index is -0.344. The second-order valence-electron chi connectivity index (χ2n) is 8.39. The van der Waals surface area contributed by atoms with Gasteiger partial charge in [-0.15, -0.1) is 0 Å². The van der Waals surface area contributed by atoms with Crippen LogP contribution in [-0.4, -0.2) is 37.1 Å². The first-order chi connectivity index (χ1) is 12.9. The number of aromatic nitrogens is 1. The highest BCUT2D eigenvalue weighted by Gasteiger charge is 2.20. The van der Waals surface area contributed by atoms with E-state index in [1.54, 1.807) is 0 Å². The van der Waals surface area contributed by atoms with E-state index in [2.05, 4.69) is 39.8 Å². The van der Waals surface area contributed by atoms with Gasteiger partial charge in [-0.1, -0.05) is 39.0 Å². The van der Waals surface area contributed by atoms with Gasteiger partial charge in [0.1, 0.15) is 5.82 Å². The number of rotatable bonds is 6. The summed E-state index contributed by atoms with van der Waals surface area (Å²) in [5, 5.41) is 7.64. The van der Waals surface area contributed by atoms with E-state index in [9.17, 15) is 4.79 Å². The number of carbonyl (C=O) groups is 1. The largest absolute Gasteiger partial charge is 0.356 e. The van der Waals surface area contributed by atoms with Crippen molar-refractivity contribution < 1.29 is 4.79 Å². The van der Waals surface area contributed by atoms with Crippen LogP contribution in [0.3, 0.4) is 0 Å². The van der Waals surface area contributed by atoms with Gasteiger partial charge in [0.25, 0.3) is 0 Å². The SMILES string of the molecule is CC(C)(C)C(=O)NCCNCc1cc2ccccc2nc1N1CCCCC1. The Morgan fingerprint density at radius 2 is 1.85 bits per heavy atom. The Morgan fingerprint density at radius 1 is 1.11 bits per heavy atom. The lowest BCUT2D eigenvalue weighted by atomic mass is 9.96. The predicted octanol–water partition coefficient (Wildman–Crippen LogP) is 3.48. The maximum absolute atomic E-state index is 11.9. The number of anilines is 1. The molecule has 1 aromatic heterocycles. The number of carbonyl (C=O) groups excluding carboxylic acids is 1. The van der Waals surface area contributed by atoms with Crippen LogP contribution in [0.1, 0.15) is 45.6 Å². The lowest BCUT2D eigenvalue weighted by Gasteiger charge is -2.30. The number of nitrogens with zero attached hydrogens (tertiary/aromatic N) is 2. The van der Waals surface area contributed by atoms with E-state index < -0.39 is 0 Å². The Morgan fingerprint density at radius 3 is 2.59 bits per heavy atom. The maximum atomic E-state index is 11.9. The first-order valence-corrected chi connectivity index (χ1v) is 10.1. The van der Waals surface area contributed by atoms with Crippen molar-refractivity contribution in [1.29, 1.82) is 0 Å². The molecule has 0 radical (unpaired) electrons. The predicted molar refractivity (Wildman–Crippen MR) is 112 cm³/mol. The molecule has 2 N–H and O–H groups in total. The van der Waals surface area contributed by atoms with Gasteiger partial charge in [-0.05, 0) is 31.4 Å². The quantitative estimate of drug-likeness (QED) is 0.767. The Kier molecular flexibility index (Phi) is 6.32. The fourth-order valence-corrected chi connectivity index (χ4v) is 3.41. The summed E-state index contributed by atoms with van der Waals surface area (Å²) in [6, 6.07) is 10.6. The average Bonchev–Trinajstić information content (AvgIpc) is 2.67. The van der Waals surface area contributed by atoms with Crippen molar-refractivity contribution in [3.05, 3.63) is 35.9 Å². The minimum Gasteiger partial charge on any atom is -0.356 e. The summed E-state index contributed by atoms with van der Waals surface area (Å²) >= 11 is 0. The molecule has 1 aliphatic rings. The van der Waals surface area contributed by atoms with Crippen molar-refractivity contribution >= 4 is 22.6 Å². The minimum absolute atomic E-state index is 0.0886. The number of piperidine rings is 1. The van der Waals surface area contributed by atoms with Gasteiger partial charge in [0.05, 0.1) is 5.52 Å². The Labute approximate surface area is 162 Å². The summed E-state index contributed by atoms with van der Waals surface area (Å²) in [7, 11) is 0. The van der Waals surface area contributed by atoms with Gasteiger partial charge in [-0.2, -0.15) is 0 Å². The van der Waals surface area contributed by atoms with Gasteiger partial charge in [0, 0.05) is 49.1 Å². The van der Waals surface area contributed by atoms with Gasteiger partial charge >= 0.3 is 0 Å². The van der Waals surface area contributed by atoms with Crippen molar-refractivity contribution in [1.82, 2.24) is 15.6 Å². The Bertz CT molecular complexity index is 775. The third kappa shape index (κ3) is 5.19. The lowest BCUT2D eigenvalue weighted by Crippen LogP contribution is -2.38. The summed E-state index contributed by atoms with van der Waals surface area (Å²) in [6.07, 6.45) is 3.78.